The highest BCUT2D eigenvalue weighted by Gasteiger charge is 2.28. The van der Waals surface area contributed by atoms with Crippen LogP contribution in [0.25, 0.3) is 0 Å². The molecule has 6 heteroatoms. The summed E-state index contributed by atoms with van der Waals surface area (Å²) in [6.45, 7) is 5.97. The van der Waals surface area contributed by atoms with Crippen LogP contribution in [-0.2, 0) is 0 Å². The van der Waals surface area contributed by atoms with E-state index in [1.165, 1.54) is 11.1 Å². The minimum Gasteiger partial charge on any atom is -0.493 e. The molecule has 0 aliphatic carbocycles. The van der Waals surface area contributed by atoms with Crippen molar-refractivity contribution < 1.29 is 9.53 Å². The average Bonchev–Trinajstić information content (AvgIpc) is 2.93. The summed E-state index contributed by atoms with van der Waals surface area (Å²) in [4.78, 5) is 17.6. The van der Waals surface area contributed by atoms with Crippen molar-refractivity contribution >= 4 is 23.2 Å². The van der Waals surface area contributed by atoms with Crippen molar-refractivity contribution in [2.45, 2.75) is 32.2 Å². The fourth-order valence-corrected chi connectivity index (χ4v) is 4.90. The number of benzene rings is 3. The predicted octanol–water partition coefficient (Wildman–Crippen LogP) is 5.68. The van der Waals surface area contributed by atoms with Crippen LogP contribution in [0.5, 0.6) is 5.75 Å². The summed E-state index contributed by atoms with van der Waals surface area (Å²) in [6.07, 6.45) is 3.21. The summed E-state index contributed by atoms with van der Waals surface area (Å²) < 4.78 is 5.89. The van der Waals surface area contributed by atoms with Gasteiger partial charge in [0.25, 0.3) is 5.91 Å². The van der Waals surface area contributed by atoms with E-state index in [9.17, 15) is 4.79 Å². The molecule has 1 amide bonds. The maximum Gasteiger partial charge on any atom is 0.261 e. The third-order valence-corrected chi connectivity index (χ3v) is 6.92. The van der Waals surface area contributed by atoms with E-state index in [1.807, 2.05) is 18.2 Å². The quantitative estimate of drug-likeness (QED) is 0.302. The van der Waals surface area contributed by atoms with Crippen molar-refractivity contribution in [3.8, 4) is 5.75 Å². The van der Waals surface area contributed by atoms with Gasteiger partial charge in [0.1, 0.15) is 5.75 Å². The lowest BCUT2D eigenvalue weighted by atomic mass is 9.96. The SMILES string of the molecule is CCCCCOc1ccccc1C(=O)NC(=S)N1CCN(C(c2ccccc2)c2ccccc2)CC1. The molecular weight excluding hydrogens is 466 g/mol. The predicted molar refractivity (Wildman–Crippen MR) is 149 cm³/mol. The van der Waals surface area contributed by atoms with E-state index < -0.39 is 0 Å². The molecule has 1 saturated heterocycles. The van der Waals surface area contributed by atoms with Crippen LogP contribution in [-0.4, -0.2) is 53.6 Å². The van der Waals surface area contributed by atoms with Crippen LogP contribution in [0.4, 0.5) is 0 Å². The number of nitrogens with zero attached hydrogens (tertiary/aromatic N) is 2. The minimum atomic E-state index is -0.222. The molecule has 1 aliphatic heterocycles. The van der Waals surface area contributed by atoms with E-state index in [0.29, 0.717) is 23.0 Å². The Kier molecular flexibility index (Phi) is 9.47. The Labute approximate surface area is 220 Å². The third-order valence-electron chi connectivity index (χ3n) is 6.55. The Morgan fingerprint density at radius 1 is 0.861 bits per heavy atom. The van der Waals surface area contributed by atoms with Crippen molar-refractivity contribution in [3.63, 3.8) is 0 Å². The largest absolute Gasteiger partial charge is 0.493 e. The van der Waals surface area contributed by atoms with Gasteiger partial charge in [-0.15, -0.1) is 0 Å². The zero-order valence-corrected chi connectivity index (χ0v) is 21.8. The van der Waals surface area contributed by atoms with Crippen molar-refractivity contribution in [1.29, 1.82) is 0 Å². The highest BCUT2D eigenvalue weighted by Crippen LogP contribution is 2.29. The van der Waals surface area contributed by atoms with E-state index in [2.05, 4.69) is 82.7 Å². The number of unbranched alkanes of at least 4 members (excludes halogenated alkanes) is 2. The molecule has 1 fully saturated rings. The molecule has 3 aromatic rings. The Morgan fingerprint density at radius 2 is 1.44 bits per heavy atom. The molecule has 1 aliphatic rings. The van der Waals surface area contributed by atoms with Crippen LogP contribution in [0.1, 0.15) is 53.7 Å². The lowest BCUT2D eigenvalue weighted by Gasteiger charge is -2.40. The fourth-order valence-electron chi connectivity index (χ4n) is 4.63. The first kappa shape index (κ1) is 25.9. The number of rotatable bonds is 9. The Morgan fingerprint density at radius 3 is 2.06 bits per heavy atom. The lowest BCUT2D eigenvalue weighted by Crippen LogP contribution is -2.53. The van der Waals surface area contributed by atoms with Crippen molar-refractivity contribution in [2.24, 2.45) is 0 Å². The van der Waals surface area contributed by atoms with E-state index in [0.717, 1.165) is 45.4 Å². The molecule has 1 heterocycles. The topological polar surface area (TPSA) is 44.8 Å². The highest BCUT2D eigenvalue weighted by molar-refractivity contribution is 7.80. The molecular formula is C30H35N3O2S. The molecule has 1 N–H and O–H groups in total. The smallest absolute Gasteiger partial charge is 0.261 e. The van der Waals surface area contributed by atoms with Gasteiger partial charge in [-0.3, -0.25) is 15.0 Å². The first-order valence-corrected chi connectivity index (χ1v) is 13.2. The van der Waals surface area contributed by atoms with E-state index in [-0.39, 0.29) is 11.9 Å². The molecule has 3 aromatic carbocycles. The Hall–Kier alpha value is -3.22. The number of carbonyl (C=O) groups excluding carboxylic acids is 1. The van der Waals surface area contributed by atoms with Gasteiger partial charge in [-0.25, -0.2) is 0 Å². The molecule has 5 nitrogen and oxygen atoms in total. The molecule has 0 atom stereocenters. The standard InChI is InChI=1S/C30H35N3O2S/c1-2-3-12-23-35-27-18-11-10-17-26(27)29(34)31-30(36)33-21-19-32(20-22-33)28(24-13-6-4-7-14-24)25-15-8-5-9-16-25/h4-11,13-18,28H,2-3,12,19-23H2,1H3,(H,31,34,36). The number of amides is 1. The number of hydrogen-bond acceptors (Lipinski definition) is 4. The molecule has 0 unspecified atom stereocenters. The van der Waals surface area contributed by atoms with Crippen LogP contribution in [0.15, 0.2) is 84.9 Å². The monoisotopic (exact) mass is 501 g/mol. The zero-order valence-electron chi connectivity index (χ0n) is 20.9. The zero-order chi connectivity index (χ0) is 25.2. The summed E-state index contributed by atoms with van der Waals surface area (Å²) in [5.74, 6) is 0.382. The van der Waals surface area contributed by atoms with Crippen LogP contribution in [0.3, 0.4) is 0 Å². The van der Waals surface area contributed by atoms with E-state index in [4.69, 9.17) is 17.0 Å². The first-order valence-electron chi connectivity index (χ1n) is 12.8. The van der Waals surface area contributed by atoms with Crippen LogP contribution in [0.2, 0.25) is 0 Å². The molecule has 0 aromatic heterocycles. The number of para-hydroxylation sites is 1. The second-order valence-corrected chi connectivity index (χ2v) is 9.44. The summed E-state index contributed by atoms with van der Waals surface area (Å²) in [7, 11) is 0. The number of ether oxygens (including phenoxy) is 1. The van der Waals surface area contributed by atoms with Gasteiger partial charge >= 0.3 is 0 Å². The summed E-state index contributed by atoms with van der Waals surface area (Å²) >= 11 is 5.64. The number of thiocarbonyl (C=S) groups is 1. The molecule has 0 spiro atoms. The maximum absolute atomic E-state index is 13.0. The van der Waals surface area contributed by atoms with Crippen molar-refractivity contribution in [2.75, 3.05) is 32.8 Å². The number of hydrogen-bond donors (Lipinski definition) is 1. The maximum atomic E-state index is 13.0. The van der Waals surface area contributed by atoms with Gasteiger partial charge in [0.15, 0.2) is 5.11 Å². The molecule has 188 valence electrons. The van der Waals surface area contributed by atoms with Crippen LogP contribution >= 0.6 is 12.2 Å². The van der Waals surface area contributed by atoms with Gasteiger partial charge in [0.05, 0.1) is 18.2 Å². The number of nitrogens with one attached hydrogen (secondary N) is 1. The third kappa shape index (κ3) is 6.71. The van der Waals surface area contributed by atoms with Gasteiger partial charge in [-0.1, -0.05) is 92.6 Å². The van der Waals surface area contributed by atoms with E-state index >= 15 is 0 Å². The molecule has 0 saturated carbocycles. The number of carbonyl (C=O) groups is 1. The van der Waals surface area contributed by atoms with E-state index in [1.54, 1.807) is 6.07 Å². The van der Waals surface area contributed by atoms with Crippen LogP contribution < -0.4 is 10.1 Å². The number of piperazine rings is 1. The second-order valence-electron chi connectivity index (χ2n) is 9.06. The van der Waals surface area contributed by atoms with Crippen LogP contribution in [0, 0.1) is 0 Å². The molecule has 4 rings (SSSR count). The molecule has 0 bridgehead atoms. The Balaban J connectivity index is 1.37. The van der Waals surface area contributed by atoms with Gasteiger partial charge in [0, 0.05) is 26.2 Å². The minimum absolute atomic E-state index is 0.189. The fraction of sp³-hybridized carbons (Fsp3) is 0.333. The molecule has 36 heavy (non-hydrogen) atoms. The van der Waals surface area contributed by atoms with Gasteiger partial charge < -0.3 is 9.64 Å². The average molecular weight is 502 g/mol. The summed E-state index contributed by atoms with van der Waals surface area (Å²) in [6, 6.07) is 28.8. The molecule has 0 radical (unpaired) electrons. The van der Waals surface area contributed by atoms with Crippen molar-refractivity contribution in [3.05, 3.63) is 102 Å². The highest BCUT2D eigenvalue weighted by atomic mass is 32.1. The van der Waals surface area contributed by atoms with Gasteiger partial charge in [-0.05, 0) is 41.9 Å². The lowest BCUT2D eigenvalue weighted by molar-refractivity contribution is 0.0963. The Bertz CT molecular complexity index is 1080. The van der Waals surface area contributed by atoms with Crippen molar-refractivity contribution in [1.82, 2.24) is 15.1 Å². The second kappa shape index (κ2) is 13.2. The van der Waals surface area contributed by atoms with Gasteiger partial charge in [0.2, 0.25) is 0 Å². The summed E-state index contributed by atoms with van der Waals surface area (Å²) in [5.41, 5.74) is 3.08. The normalized spacial score (nSPS) is 14.0. The van der Waals surface area contributed by atoms with Gasteiger partial charge in [-0.2, -0.15) is 0 Å². The first-order chi connectivity index (χ1) is 17.7. The summed E-state index contributed by atoms with van der Waals surface area (Å²) in [5, 5.41) is 3.40.